The maximum Gasteiger partial charge on any atom is 0.253 e. The number of hydrogen-bond donors (Lipinski definition) is 0. The number of allylic oxidation sites excluding steroid dienone is 1. The Hall–Kier alpha value is -2.35. The van der Waals surface area contributed by atoms with Crippen LogP contribution in [-0.4, -0.2) is 10.8 Å². The molecule has 2 aromatic carbocycles. The molecule has 0 spiro atoms. The first-order valence-electron chi connectivity index (χ1n) is 7.32. The van der Waals surface area contributed by atoms with Crippen molar-refractivity contribution in [1.29, 1.82) is 0 Å². The summed E-state index contributed by atoms with van der Waals surface area (Å²) in [5.41, 5.74) is 3.24. The molecule has 0 unspecified atom stereocenters. The van der Waals surface area contributed by atoms with E-state index in [4.69, 9.17) is 0 Å². The fourth-order valence-corrected chi connectivity index (χ4v) is 3.02. The summed E-state index contributed by atoms with van der Waals surface area (Å²) in [6.07, 6.45) is 1.94. The molecule has 1 heterocycles. The molecule has 1 aliphatic rings. The molecular weight excluding hydrogens is 258 g/mol. The van der Waals surface area contributed by atoms with Gasteiger partial charge >= 0.3 is 0 Å². The highest BCUT2D eigenvalue weighted by Gasteiger charge is 2.44. The molecule has 0 bridgehead atoms. The van der Waals surface area contributed by atoms with Gasteiger partial charge in [-0.25, -0.2) is 0 Å². The molecule has 2 heteroatoms. The van der Waals surface area contributed by atoms with E-state index >= 15 is 0 Å². The Morgan fingerprint density at radius 2 is 1.57 bits per heavy atom. The standard InChI is InChI=1S/C19H19NO/c1-3-17-18(16-12-8-5-9-13-16)20(19(17)21)14(2)15-10-6-4-7-11-15/h3-14,18H,1-2H3/b17-3+/t14-,18-/m1/s1. The second kappa shape index (κ2) is 5.57. The lowest BCUT2D eigenvalue weighted by atomic mass is 9.85. The Labute approximate surface area is 125 Å². The summed E-state index contributed by atoms with van der Waals surface area (Å²) in [6.45, 7) is 4.03. The molecule has 1 amide bonds. The van der Waals surface area contributed by atoms with E-state index in [9.17, 15) is 4.79 Å². The van der Waals surface area contributed by atoms with Gasteiger partial charge in [-0.1, -0.05) is 66.7 Å². The Morgan fingerprint density at radius 1 is 1.00 bits per heavy atom. The molecule has 21 heavy (non-hydrogen) atoms. The molecule has 0 N–H and O–H groups in total. The smallest absolute Gasteiger partial charge is 0.253 e. The molecule has 0 radical (unpaired) electrons. The van der Waals surface area contributed by atoms with E-state index < -0.39 is 0 Å². The number of benzene rings is 2. The van der Waals surface area contributed by atoms with Gasteiger partial charge in [-0.3, -0.25) is 4.79 Å². The van der Waals surface area contributed by atoms with Crippen molar-refractivity contribution in [3.8, 4) is 0 Å². The topological polar surface area (TPSA) is 20.3 Å². The van der Waals surface area contributed by atoms with Gasteiger partial charge in [0.25, 0.3) is 5.91 Å². The number of hydrogen-bond acceptors (Lipinski definition) is 1. The van der Waals surface area contributed by atoms with Gasteiger partial charge in [0.1, 0.15) is 0 Å². The minimum Gasteiger partial charge on any atom is -0.321 e. The minimum atomic E-state index is 0.0684. The van der Waals surface area contributed by atoms with E-state index in [0.29, 0.717) is 0 Å². The lowest BCUT2D eigenvalue weighted by Crippen LogP contribution is -2.50. The molecule has 3 rings (SSSR count). The van der Waals surface area contributed by atoms with Gasteiger partial charge in [0.05, 0.1) is 12.1 Å². The third-order valence-electron chi connectivity index (χ3n) is 4.18. The highest BCUT2D eigenvalue weighted by atomic mass is 16.2. The molecule has 2 atom stereocenters. The van der Waals surface area contributed by atoms with Gasteiger partial charge in [0.2, 0.25) is 0 Å². The van der Waals surface area contributed by atoms with Crippen LogP contribution in [0.1, 0.15) is 37.1 Å². The number of carbonyl (C=O) groups is 1. The quantitative estimate of drug-likeness (QED) is 0.606. The maximum absolute atomic E-state index is 12.4. The first-order valence-corrected chi connectivity index (χ1v) is 7.32. The Balaban J connectivity index is 1.96. The second-order valence-corrected chi connectivity index (χ2v) is 5.36. The van der Waals surface area contributed by atoms with Crippen molar-refractivity contribution in [2.45, 2.75) is 25.9 Å². The van der Waals surface area contributed by atoms with Gasteiger partial charge in [0.15, 0.2) is 0 Å². The van der Waals surface area contributed by atoms with Crippen molar-refractivity contribution in [2.24, 2.45) is 0 Å². The lowest BCUT2D eigenvalue weighted by molar-refractivity contribution is -0.140. The van der Waals surface area contributed by atoms with E-state index in [-0.39, 0.29) is 18.0 Å². The predicted molar refractivity (Wildman–Crippen MR) is 84.6 cm³/mol. The minimum absolute atomic E-state index is 0.0684. The van der Waals surface area contributed by atoms with Crippen LogP contribution < -0.4 is 0 Å². The van der Waals surface area contributed by atoms with Crippen molar-refractivity contribution >= 4 is 5.91 Å². The summed E-state index contributed by atoms with van der Waals surface area (Å²) in [4.78, 5) is 14.4. The second-order valence-electron chi connectivity index (χ2n) is 5.36. The number of nitrogens with zero attached hydrogens (tertiary/aromatic N) is 1. The summed E-state index contributed by atoms with van der Waals surface area (Å²) < 4.78 is 0. The largest absolute Gasteiger partial charge is 0.321 e. The number of rotatable bonds is 3. The first kappa shape index (κ1) is 13.6. The predicted octanol–water partition coefficient (Wildman–Crippen LogP) is 4.28. The Morgan fingerprint density at radius 3 is 2.14 bits per heavy atom. The number of amides is 1. The molecule has 0 aromatic heterocycles. The van der Waals surface area contributed by atoms with Crippen LogP contribution in [-0.2, 0) is 4.79 Å². The van der Waals surface area contributed by atoms with Crippen LogP contribution in [0.3, 0.4) is 0 Å². The van der Waals surface area contributed by atoms with Crippen LogP contribution in [0.4, 0.5) is 0 Å². The molecule has 1 saturated heterocycles. The van der Waals surface area contributed by atoms with Crippen molar-refractivity contribution in [2.75, 3.05) is 0 Å². The zero-order chi connectivity index (χ0) is 14.8. The Kier molecular flexibility index (Phi) is 3.61. The summed E-state index contributed by atoms with van der Waals surface area (Å²) >= 11 is 0. The molecule has 0 aliphatic carbocycles. The van der Waals surface area contributed by atoms with Gasteiger partial charge in [-0.05, 0) is 25.0 Å². The van der Waals surface area contributed by atoms with Gasteiger partial charge < -0.3 is 4.90 Å². The average molecular weight is 277 g/mol. The summed E-state index contributed by atoms with van der Waals surface area (Å²) in [5, 5.41) is 0. The number of carbonyl (C=O) groups excluding carboxylic acids is 1. The van der Waals surface area contributed by atoms with Crippen LogP contribution in [0, 0.1) is 0 Å². The van der Waals surface area contributed by atoms with Crippen LogP contribution >= 0.6 is 0 Å². The molecule has 0 saturated carbocycles. The third-order valence-corrected chi connectivity index (χ3v) is 4.18. The zero-order valence-corrected chi connectivity index (χ0v) is 12.4. The molecule has 2 nitrogen and oxygen atoms in total. The van der Waals surface area contributed by atoms with E-state index in [1.54, 1.807) is 0 Å². The average Bonchev–Trinajstić information content (AvgIpc) is 2.54. The molecule has 2 aromatic rings. The van der Waals surface area contributed by atoms with E-state index in [1.165, 1.54) is 11.1 Å². The van der Waals surface area contributed by atoms with Crippen LogP contribution in [0.2, 0.25) is 0 Å². The molecule has 1 aliphatic heterocycles. The number of likely N-dealkylation sites (tertiary alicyclic amines) is 1. The van der Waals surface area contributed by atoms with Crippen LogP contribution in [0.5, 0.6) is 0 Å². The van der Waals surface area contributed by atoms with Gasteiger partial charge in [-0.2, -0.15) is 0 Å². The van der Waals surface area contributed by atoms with Crippen LogP contribution in [0.15, 0.2) is 72.3 Å². The third kappa shape index (κ3) is 2.27. The fourth-order valence-electron chi connectivity index (χ4n) is 3.02. The molecular formula is C19H19NO. The lowest BCUT2D eigenvalue weighted by Gasteiger charge is -2.47. The Bertz CT molecular complexity index is 660. The normalized spacial score (nSPS) is 21.2. The van der Waals surface area contributed by atoms with E-state index in [2.05, 4.69) is 31.2 Å². The summed E-state index contributed by atoms with van der Waals surface area (Å²) in [6, 6.07) is 20.6. The van der Waals surface area contributed by atoms with Crippen molar-refractivity contribution in [3.05, 3.63) is 83.4 Å². The number of β-lactam (4-membered cyclic amide) rings is 1. The SMILES string of the molecule is C/C=C1/C(=O)N([C@H](C)c2ccccc2)[C@@H]1c1ccccc1. The molecule has 106 valence electrons. The van der Waals surface area contributed by atoms with Crippen molar-refractivity contribution in [3.63, 3.8) is 0 Å². The monoisotopic (exact) mass is 277 g/mol. The maximum atomic E-state index is 12.4. The van der Waals surface area contributed by atoms with Gasteiger partial charge in [0, 0.05) is 5.57 Å². The van der Waals surface area contributed by atoms with Gasteiger partial charge in [-0.15, -0.1) is 0 Å². The summed E-state index contributed by atoms with van der Waals surface area (Å²) in [5.74, 6) is 0.141. The van der Waals surface area contributed by atoms with Crippen LogP contribution in [0.25, 0.3) is 0 Å². The van der Waals surface area contributed by atoms with Crippen molar-refractivity contribution < 1.29 is 4.79 Å². The zero-order valence-electron chi connectivity index (χ0n) is 12.4. The molecule has 1 fully saturated rings. The first-order chi connectivity index (χ1) is 10.2. The highest BCUT2D eigenvalue weighted by Crippen LogP contribution is 2.44. The highest BCUT2D eigenvalue weighted by molar-refractivity contribution is 6.02. The summed E-state index contributed by atoms with van der Waals surface area (Å²) in [7, 11) is 0. The van der Waals surface area contributed by atoms with E-state index in [1.807, 2.05) is 54.3 Å². The van der Waals surface area contributed by atoms with E-state index in [0.717, 1.165) is 5.57 Å². The van der Waals surface area contributed by atoms with Crippen molar-refractivity contribution in [1.82, 2.24) is 4.90 Å². The fraction of sp³-hybridized carbons (Fsp3) is 0.211.